The smallest absolute Gasteiger partial charge is 0.221 e. The topological polar surface area (TPSA) is 61.4 Å². The van der Waals surface area contributed by atoms with E-state index in [1.165, 1.54) is 0 Å². The Hall–Kier alpha value is -0.610. The molecule has 0 spiro atoms. The number of rotatable bonds is 7. The van der Waals surface area contributed by atoms with Gasteiger partial charge in [0.2, 0.25) is 5.91 Å². The van der Waals surface area contributed by atoms with Crippen LogP contribution in [0.15, 0.2) is 0 Å². The molecule has 4 nitrogen and oxygen atoms in total. The molecule has 3 N–H and O–H groups in total. The van der Waals surface area contributed by atoms with Crippen molar-refractivity contribution in [2.75, 3.05) is 13.2 Å². The van der Waals surface area contributed by atoms with Crippen LogP contribution in [0.5, 0.6) is 0 Å². The molecule has 0 aromatic carbocycles. The lowest BCUT2D eigenvalue weighted by atomic mass is 10.1. The van der Waals surface area contributed by atoms with E-state index in [1.54, 1.807) is 0 Å². The summed E-state index contributed by atoms with van der Waals surface area (Å²) < 4.78 is 0. The van der Waals surface area contributed by atoms with Crippen LogP contribution in [0, 0.1) is 5.92 Å². The maximum Gasteiger partial charge on any atom is 0.221 e. The third kappa shape index (κ3) is 6.47. The Labute approximate surface area is 92.4 Å². The van der Waals surface area contributed by atoms with Gasteiger partial charge in [-0.15, -0.1) is 0 Å². The van der Waals surface area contributed by atoms with Crippen molar-refractivity contribution < 1.29 is 9.90 Å². The number of aliphatic hydroxyl groups excluding tert-OH is 1. The number of carbonyl (C=O) groups excluding carboxylic acids is 1. The molecular formula is C11H24N2O2. The van der Waals surface area contributed by atoms with Gasteiger partial charge < -0.3 is 15.7 Å². The summed E-state index contributed by atoms with van der Waals surface area (Å²) in [7, 11) is 0. The first kappa shape index (κ1) is 14.4. The van der Waals surface area contributed by atoms with Crippen LogP contribution < -0.4 is 10.6 Å². The molecule has 2 atom stereocenters. The number of hydrogen-bond acceptors (Lipinski definition) is 3. The van der Waals surface area contributed by atoms with Gasteiger partial charge in [0.15, 0.2) is 0 Å². The van der Waals surface area contributed by atoms with Crippen molar-refractivity contribution in [3.05, 3.63) is 0 Å². The summed E-state index contributed by atoms with van der Waals surface area (Å²) in [4.78, 5) is 11.5. The molecule has 0 aliphatic heterocycles. The van der Waals surface area contributed by atoms with Crippen LogP contribution in [-0.4, -0.2) is 36.2 Å². The van der Waals surface area contributed by atoms with Crippen LogP contribution in [0.25, 0.3) is 0 Å². The van der Waals surface area contributed by atoms with Crippen molar-refractivity contribution in [1.29, 1.82) is 0 Å². The van der Waals surface area contributed by atoms with Gasteiger partial charge in [0.05, 0.1) is 12.6 Å². The van der Waals surface area contributed by atoms with Crippen molar-refractivity contribution >= 4 is 5.91 Å². The lowest BCUT2D eigenvalue weighted by molar-refractivity contribution is -0.122. The Morgan fingerprint density at radius 3 is 2.33 bits per heavy atom. The summed E-state index contributed by atoms with van der Waals surface area (Å²) in [6.07, 6.45) is 0.455. The Kier molecular flexibility index (Phi) is 7.34. The van der Waals surface area contributed by atoms with E-state index in [2.05, 4.69) is 10.6 Å². The molecule has 0 aromatic heterocycles. The van der Waals surface area contributed by atoms with E-state index < -0.39 is 0 Å². The molecule has 0 heterocycles. The van der Waals surface area contributed by atoms with Crippen LogP contribution in [0.1, 0.15) is 34.1 Å². The zero-order valence-electron chi connectivity index (χ0n) is 10.2. The van der Waals surface area contributed by atoms with Gasteiger partial charge in [-0.1, -0.05) is 20.8 Å². The van der Waals surface area contributed by atoms with Crippen molar-refractivity contribution in [2.45, 2.75) is 46.2 Å². The molecule has 0 saturated carbocycles. The average molecular weight is 216 g/mol. The number of aliphatic hydroxyl groups is 1. The van der Waals surface area contributed by atoms with Gasteiger partial charge >= 0.3 is 0 Å². The molecule has 90 valence electrons. The molecule has 1 unspecified atom stereocenters. The first-order valence-electron chi connectivity index (χ1n) is 5.64. The Morgan fingerprint density at radius 1 is 1.33 bits per heavy atom. The summed E-state index contributed by atoms with van der Waals surface area (Å²) in [6, 6.07) is 0.0489. The van der Waals surface area contributed by atoms with Crippen molar-refractivity contribution in [2.24, 2.45) is 5.92 Å². The maximum absolute atomic E-state index is 11.5. The summed E-state index contributed by atoms with van der Waals surface area (Å²) >= 11 is 0. The zero-order chi connectivity index (χ0) is 11.8. The largest absolute Gasteiger partial charge is 0.394 e. The number of carbonyl (C=O) groups is 1. The van der Waals surface area contributed by atoms with Crippen molar-refractivity contribution in [3.8, 4) is 0 Å². The minimum Gasteiger partial charge on any atom is -0.394 e. The lowest BCUT2D eigenvalue weighted by Crippen LogP contribution is -2.43. The monoisotopic (exact) mass is 216 g/mol. The highest BCUT2D eigenvalue weighted by Crippen LogP contribution is 2.01. The third-order valence-electron chi connectivity index (χ3n) is 2.39. The predicted molar refractivity (Wildman–Crippen MR) is 61.6 cm³/mol. The van der Waals surface area contributed by atoms with Gasteiger partial charge in [-0.25, -0.2) is 0 Å². The molecule has 4 heteroatoms. The minimum absolute atomic E-state index is 0.000998. The van der Waals surface area contributed by atoms with Crippen molar-refractivity contribution in [3.63, 3.8) is 0 Å². The van der Waals surface area contributed by atoms with Gasteiger partial charge in [-0.3, -0.25) is 4.79 Å². The van der Waals surface area contributed by atoms with Crippen LogP contribution in [0.3, 0.4) is 0 Å². The highest BCUT2D eigenvalue weighted by atomic mass is 16.3. The van der Waals surface area contributed by atoms with E-state index in [9.17, 15) is 4.79 Å². The quantitative estimate of drug-likeness (QED) is 0.581. The number of nitrogens with one attached hydrogen (secondary N) is 2. The SMILES string of the molecule is CCNC(C)CC(=O)N[C@H](CO)C(C)C. The standard InChI is InChI=1S/C11H24N2O2/c1-5-12-9(4)6-11(15)13-10(7-14)8(2)3/h8-10,12,14H,5-7H2,1-4H3,(H,13,15)/t9?,10-/m1/s1. The van der Waals surface area contributed by atoms with Crippen LogP contribution in [0.2, 0.25) is 0 Å². The second-order valence-corrected chi connectivity index (χ2v) is 4.26. The zero-order valence-corrected chi connectivity index (χ0v) is 10.2. The van der Waals surface area contributed by atoms with E-state index in [0.717, 1.165) is 6.54 Å². The molecule has 0 fully saturated rings. The van der Waals surface area contributed by atoms with Gasteiger partial charge in [0.25, 0.3) is 0 Å². The molecule has 0 aliphatic rings. The number of amides is 1. The molecule has 0 saturated heterocycles. The molecule has 0 rings (SSSR count). The second-order valence-electron chi connectivity index (χ2n) is 4.26. The molecule has 0 aromatic rings. The lowest BCUT2D eigenvalue weighted by Gasteiger charge is -2.21. The molecule has 0 aliphatic carbocycles. The third-order valence-corrected chi connectivity index (χ3v) is 2.39. The molecular weight excluding hydrogens is 192 g/mol. The Bertz CT molecular complexity index is 183. The van der Waals surface area contributed by atoms with E-state index in [1.807, 2.05) is 27.7 Å². The molecule has 0 bridgehead atoms. The normalized spacial score (nSPS) is 15.1. The van der Waals surface area contributed by atoms with E-state index in [-0.39, 0.29) is 30.5 Å². The van der Waals surface area contributed by atoms with Crippen LogP contribution in [0.4, 0.5) is 0 Å². The highest BCUT2D eigenvalue weighted by molar-refractivity contribution is 5.76. The minimum atomic E-state index is -0.133. The van der Waals surface area contributed by atoms with E-state index in [4.69, 9.17) is 5.11 Å². The fourth-order valence-corrected chi connectivity index (χ4v) is 1.39. The molecule has 1 amide bonds. The average Bonchev–Trinajstić information content (AvgIpc) is 2.13. The van der Waals surface area contributed by atoms with Gasteiger partial charge in [-0.2, -0.15) is 0 Å². The van der Waals surface area contributed by atoms with Crippen molar-refractivity contribution in [1.82, 2.24) is 10.6 Å². The fourth-order valence-electron chi connectivity index (χ4n) is 1.39. The first-order chi connectivity index (χ1) is 7.01. The predicted octanol–water partition coefficient (Wildman–Crippen LogP) is 0.508. The maximum atomic E-state index is 11.5. The van der Waals surface area contributed by atoms with Crippen LogP contribution in [-0.2, 0) is 4.79 Å². The Balaban J connectivity index is 3.90. The second kappa shape index (κ2) is 7.65. The molecule has 15 heavy (non-hydrogen) atoms. The Morgan fingerprint density at radius 2 is 1.93 bits per heavy atom. The highest BCUT2D eigenvalue weighted by Gasteiger charge is 2.16. The van der Waals surface area contributed by atoms with Gasteiger partial charge in [-0.05, 0) is 19.4 Å². The summed E-state index contributed by atoms with van der Waals surface area (Å²) in [5.41, 5.74) is 0. The summed E-state index contributed by atoms with van der Waals surface area (Å²) in [5, 5.41) is 15.1. The van der Waals surface area contributed by atoms with E-state index in [0.29, 0.717) is 6.42 Å². The fraction of sp³-hybridized carbons (Fsp3) is 0.909. The van der Waals surface area contributed by atoms with E-state index >= 15 is 0 Å². The molecule has 0 radical (unpaired) electrons. The van der Waals surface area contributed by atoms with Gasteiger partial charge in [0, 0.05) is 12.5 Å². The summed E-state index contributed by atoms with van der Waals surface area (Å²) in [6.45, 7) is 8.82. The summed E-state index contributed by atoms with van der Waals surface area (Å²) in [5.74, 6) is 0.254. The van der Waals surface area contributed by atoms with Gasteiger partial charge in [0.1, 0.15) is 0 Å². The number of hydrogen-bond donors (Lipinski definition) is 3. The first-order valence-corrected chi connectivity index (χ1v) is 5.64. The van der Waals surface area contributed by atoms with Crippen LogP contribution >= 0.6 is 0 Å².